The van der Waals surface area contributed by atoms with E-state index < -0.39 is 10.0 Å². The number of carbonyl (C=O) groups excluding carboxylic acids is 1. The molecule has 0 unspecified atom stereocenters. The monoisotopic (exact) mass is 425 g/mol. The van der Waals surface area contributed by atoms with Gasteiger partial charge in [0.2, 0.25) is 0 Å². The summed E-state index contributed by atoms with van der Waals surface area (Å²) in [6.07, 6.45) is 3.57. The van der Waals surface area contributed by atoms with Gasteiger partial charge in [-0.2, -0.15) is 0 Å². The van der Waals surface area contributed by atoms with Gasteiger partial charge in [0.25, 0.3) is 15.9 Å². The molecule has 156 valence electrons. The quantitative estimate of drug-likeness (QED) is 0.543. The zero-order valence-corrected chi connectivity index (χ0v) is 17.4. The average molecular weight is 426 g/mol. The molecule has 1 aromatic heterocycles. The van der Waals surface area contributed by atoms with Crippen molar-refractivity contribution in [1.29, 1.82) is 0 Å². The molecule has 0 saturated heterocycles. The maximum absolute atomic E-state index is 12.4. The van der Waals surface area contributed by atoms with E-state index in [2.05, 4.69) is 21.9 Å². The Morgan fingerprint density at radius 2 is 1.73 bits per heavy atom. The number of amides is 1. The van der Waals surface area contributed by atoms with Crippen molar-refractivity contribution in [2.24, 2.45) is 0 Å². The summed E-state index contributed by atoms with van der Waals surface area (Å²) in [6, 6.07) is 18.4. The molecule has 0 bridgehead atoms. The summed E-state index contributed by atoms with van der Waals surface area (Å²) < 4.78 is 32.7. The lowest BCUT2D eigenvalue weighted by Gasteiger charge is -2.10. The lowest BCUT2D eigenvalue weighted by Crippen LogP contribution is -2.20. The number of nitrogens with one attached hydrogen (secondary N) is 2. The topological polar surface area (TPSA) is 97.4 Å². The lowest BCUT2D eigenvalue weighted by atomic mass is 10.1. The first kappa shape index (κ1) is 21.3. The Hall–Kier alpha value is -3.39. The van der Waals surface area contributed by atoms with Gasteiger partial charge in [-0.15, -0.1) is 0 Å². The van der Waals surface area contributed by atoms with Crippen LogP contribution in [-0.4, -0.2) is 25.9 Å². The molecule has 0 spiro atoms. The molecular formula is C22H23N3O4S. The van der Waals surface area contributed by atoms with E-state index in [0.29, 0.717) is 11.4 Å². The van der Waals surface area contributed by atoms with Crippen LogP contribution in [0.3, 0.4) is 0 Å². The smallest absolute Gasteiger partial charge is 0.263 e. The SMILES string of the molecule is CCCc1ccc(OCC(=O)Nc2ccc(S(=O)(=O)Nc3ccccn3)cc2)cc1. The number of nitrogens with zero attached hydrogens (tertiary/aromatic N) is 1. The van der Waals surface area contributed by atoms with Crippen LogP contribution in [0.1, 0.15) is 18.9 Å². The van der Waals surface area contributed by atoms with Gasteiger partial charge in [0, 0.05) is 11.9 Å². The molecule has 2 aromatic carbocycles. The Kier molecular flexibility index (Phi) is 7.03. The van der Waals surface area contributed by atoms with Crippen molar-refractivity contribution in [3.63, 3.8) is 0 Å². The van der Waals surface area contributed by atoms with E-state index in [-0.39, 0.29) is 23.2 Å². The van der Waals surface area contributed by atoms with Crippen LogP contribution in [0.5, 0.6) is 5.75 Å². The molecule has 0 radical (unpaired) electrons. The molecule has 0 fully saturated rings. The van der Waals surface area contributed by atoms with Crippen molar-refractivity contribution < 1.29 is 17.9 Å². The van der Waals surface area contributed by atoms with Crippen LogP contribution in [0, 0.1) is 0 Å². The molecule has 2 N–H and O–H groups in total. The summed E-state index contributed by atoms with van der Waals surface area (Å²) in [5.41, 5.74) is 1.69. The summed E-state index contributed by atoms with van der Waals surface area (Å²) in [5, 5.41) is 2.68. The van der Waals surface area contributed by atoms with Gasteiger partial charge in [0.05, 0.1) is 4.90 Å². The molecule has 30 heavy (non-hydrogen) atoms. The number of hydrogen-bond donors (Lipinski definition) is 2. The summed E-state index contributed by atoms with van der Waals surface area (Å²) in [4.78, 5) is 16.1. The number of rotatable bonds is 9. The predicted octanol–water partition coefficient (Wildman–Crippen LogP) is 3.85. The molecule has 0 aliphatic heterocycles. The third-order valence-electron chi connectivity index (χ3n) is 4.18. The molecule has 0 aliphatic rings. The molecular weight excluding hydrogens is 402 g/mol. The number of aromatic nitrogens is 1. The molecule has 0 aliphatic carbocycles. The third kappa shape index (κ3) is 6.05. The van der Waals surface area contributed by atoms with Gasteiger partial charge in [0.15, 0.2) is 6.61 Å². The van der Waals surface area contributed by atoms with Crippen molar-refractivity contribution in [2.75, 3.05) is 16.6 Å². The van der Waals surface area contributed by atoms with Crippen molar-refractivity contribution >= 4 is 27.4 Å². The minimum Gasteiger partial charge on any atom is -0.484 e. The summed E-state index contributed by atoms with van der Waals surface area (Å²) in [6.45, 7) is 1.97. The fourth-order valence-electron chi connectivity index (χ4n) is 2.72. The fraction of sp³-hybridized carbons (Fsp3) is 0.182. The van der Waals surface area contributed by atoms with Gasteiger partial charge in [-0.05, 0) is 60.5 Å². The van der Waals surface area contributed by atoms with Crippen molar-refractivity contribution in [3.8, 4) is 5.75 Å². The van der Waals surface area contributed by atoms with Crippen LogP contribution in [0.25, 0.3) is 0 Å². The summed E-state index contributed by atoms with van der Waals surface area (Å²) in [5.74, 6) is 0.511. The molecule has 1 heterocycles. The van der Waals surface area contributed by atoms with Crippen LogP contribution in [0.2, 0.25) is 0 Å². The second-order valence-electron chi connectivity index (χ2n) is 6.58. The van der Waals surface area contributed by atoms with E-state index in [9.17, 15) is 13.2 Å². The average Bonchev–Trinajstić information content (AvgIpc) is 2.74. The first-order valence-electron chi connectivity index (χ1n) is 9.52. The van der Waals surface area contributed by atoms with Gasteiger partial charge in [-0.3, -0.25) is 9.52 Å². The molecule has 1 amide bonds. The second-order valence-corrected chi connectivity index (χ2v) is 8.26. The van der Waals surface area contributed by atoms with E-state index in [0.717, 1.165) is 12.8 Å². The van der Waals surface area contributed by atoms with E-state index >= 15 is 0 Å². The zero-order valence-electron chi connectivity index (χ0n) is 16.5. The Labute approximate surface area is 176 Å². The first-order chi connectivity index (χ1) is 14.5. The number of benzene rings is 2. The second kappa shape index (κ2) is 9.89. The standard InChI is InChI=1S/C22H23N3O4S/c1-2-5-17-7-11-19(12-8-17)29-16-22(26)24-18-9-13-20(14-10-18)30(27,28)25-21-6-3-4-15-23-21/h3-4,6-15H,2,5,16H2,1H3,(H,23,25)(H,24,26). The van der Waals surface area contributed by atoms with Crippen LogP contribution in [-0.2, 0) is 21.2 Å². The van der Waals surface area contributed by atoms with Gasteiger partial charge >= 0.3 is 0 Å². The summed E-state index contributed by atoms with van der Waals surface area (Å²) >= 11 is 0. The minimum absolute atomic E-state index is 0.0644. The van der Waals surface area contributed by atoms with Crippen LogP contribution < -0.4 is 14.8 Å². The predicted molar refractivity (Wildman–Crippen MR) is 116 cm³/mol. The fourth-order valence-corrected chi connectivity index (χ4v) is 3.73. The maximum Gasteiger partial charge on any atom is 0.263 e. The van der Waals surface area contributed by atoms with Crippen molar-refractivity contribution in [3.05, 3.63) is 78.5 Å². The van der Waals surface area contributed by atoms with Gasteiger partial charge in [-0.25, -0.2) is 13.4 Å². The van der Waals surface area contributed by atoms with Gasteiger partial charge in [-0.1, -0.05) is 31.5 Å². The maximum atomic E-state index is 12.4. The number of hydrogen-bond acceptors (Lipinski definition) is 5. The van der Waals surface area contributed by atoms with Crippen molar-refractivity contribution in [2.45, 2.75) is 24.7 Å². The highest BCUT2D eigenvalue weighted by Crippen LogP contribution is 2.17. The highest BCUT2D eigenvalue weighted by molar-refractivity contribution is 7.92. The Morgan fingerprint density at radius 1 is 1.00 bits per heavy atom. The normalized spacial score (nSPS) is 11.0. The Morgan fingerprint density at radius 3 is 2.37 bits per heavy atom. The van der Waals surface area contributed by atoms with Crippen molar-refractivity contribution in [1.82, 2.24) is 4.98 Å². The van der Waals surface area contributed by atoms with Gasteiger partial charge in [0.1, 0.15) is 11.6 Å². The number of carbonyl (C=O) groups is 1. The van der Waals surface area contributed by atoms with E-state index in [4.69, 9.17) is 4.74 Å². The Bertz CT molecular complexity index is 1070. The molecule has 7 nitrogen and oxygen atoms in total. The van der Waals surface area contributed by atoms with E-state index in [1.807, 2.05) is 24.3 Å². The number of aryl methyl sites for hydroxylation is 1. The number of pyridine rings is 1. The largest absolute Gasteiger partial charge is 0.484 e. The van der Waals surface area contributed by atoms with E-state index in [1.165, 1.54) is 36.0 Å². The molecule has 8 heteroatoms. The highest BCUT2D eigenvalue weighted by atomic mass is 32.2. The third-order valence-corrected chi connectivity index (χ3v) is 5.55. The van der Waals surface area contributed by atoms with Crippen LogP contribution in [0.15, 0.2) is 77.8 Å². The molecule has 3 rings (SSSR count). The zero-order chi connectivity index (χ0) is 21.4. The van der Waals surface area contributed by atoms with Crippen LogP contribution in [0.4, 0.5) is 11.5 Å². The summed E-state index contributed by atoms with van der Waals surface area (Å²) in [7, 11) is -3.76. The van der Waals surface area contributed by atoms with Crippen LogP contribution >= 0.6 is 0 Å². The molecule has 0 atom stereocenters. The molecule has 0 saturated carbocycles. The lowest BCUT2D eigenvalue weighted by molar-refractivity contribution is -0.118. The number of ether oxygens (including phenoxy) is 1. The Balaban J connectivity index is 1.54. The molecule has 3 aromatic rings. The van der Waals surface area contributed by atoms with E-state index in [1.54, 1.807) is 18.2 Å². The minimum atomic E-state index is -3.76. The first-order valence-corrected chi connectivity index (χ1v) is 11.0. The number of anilines is 2. The highest BCUT2D eigenvalue weighted by Gasteiger charge is 2.15. The number of sulfonamides is 1. The van der Waals surface area contributed by atoms with Gasteiger partial charge < -0.3 is 10.1 Å².